The monoisotopic (exact) mass is 762 g/mol. The summed E-state index contributed by atoms with van der Waals surface area (Å²) in [4.78, 5) is 4.59. The maximum atomic E-state index is 14.5. The van der Waals surface area contributed by atoms with Crippen LogP contribution in [0.5, 0.6) is 0 Å². The number of hydrogen-bond acceptors (Lipinski definition) is 2. The first-order chi connectivity index (χ1) is 29.1. The van der Waals surface area contributed by atoms with Crippen LogP contribution >= 0.6 is 0 Å². The number of halogens is 2. The summed E-state index contributed by atoms with van der Waals surface area (Å²) in [7, 11) is 0. The summed E-state index contributed by atoms with van der Waals surface area (Å²) in [6, 6.07) is 71.7. The topological polar surface area (TPSA) is 6.48 Å². The molecule has 0 saturated heterocycles. The molecule has 0 saturated carbocycles. The second-order valence-electron chi connectivity index (χ2n) is 15.1. The average molecular weight is 763 g/mol. The van der Waals surface area contributed by atoms with E-state index in [9.17, 15) is 8.78 Å². The predicted molar refractivity (Wildman–Crippen MR) is 241 cm³/mol. The third-order valence-corrected chi connectivity index (χ3v) is 11.8. The summed E-state index contributed by atoms with van der Waals surface area (Å²) in [5.74, 6) is -0.696. The minimum atomic E-state index is -0.279. The Hall–Kier alpha value is -7.56. The highest BCUT2D eigenvalue weighted by molar-refractivity contribution is 6.15. The Morgan fingerprint density at radius 2 is 0.983 bits per heavy atom. The van der Waals surface area contributed by atoms with Crippen molar-refractivity contribution in [2.45, 2.75) is 5.92 Å². The molecule has 0 radical (unpaired) electrons. The zero-order chi connectivity index (χ0) is 39.5. The molecule has 1 atom stereocenters. The van der Waals surface area contributed by atoms with Crippen molar-refractivity contribution in [3.8, 4) is 11.1 Å². The van der Waals surface area contributed by atoms with Crippen LogP contribution < -0.4 is 9.80 Å². The molecule has 1 aliphatic rings. The Morgan fingerprint density at radius 3 is 1.76 bits per heavy atom. The van der Waals surface area contributed by atoms with Gasteiger partial charge in [-0.2, -0.15) is 0 Å². The second-order valence-corrected chi connectivity index (χ2v) is 15.1. The van der Waals surface area contributed by atoms with Crippen molar-refractivity contribution >= 4 is 66.4 Å². The first-order valence-electron chi connectivity index (χ1n) is 19.9. The highest BCUT2D eigenvalue weighted by Crippen LogP contribution is 2.54. The molecule has 4 heteroatoms. The minimum absolute atomic E-state index is 0.162. The number of nitrogens with zero attached hydrogens (tertiary/aromatic N) is 2. The van der Waals surface area contributed by atoms with Crippen molar-refractivity contribution in [3.63, 3.8) is 0 Å². The Kier molecular flexibility index (Phi) is 8.30. The van der Waals surface area contributed by atoms with Crippen LogP contribution in [0.2, 0.25) is 0 Å². The first kappa shape index (κ1) is 34.7. The molecule has 2 nitrogen and oxygen atoms in total. The lowest BCUT2D eigenvalue weighted by Gasteiger charge is -2.36. The van der Waals surface area contributed by atoms with Gasteiger partial charge in [0.15, 0.2) is 0 Å². The van der Waals surface area contributed by atoms with Crippen molar-refractivity contribution in [1.82, 2.24) is 0 Å². The maximum Gasteiger partial charge on any atom is 0.123 e. The smallest absolute Gasteiger partial charge is 0.123 e. The lowest BCUT2D eigenvalue weighted by Crippen LogP contribution is -2.17. The van der Waals surface area contributed by atoms with Gasteiger partial charge >= 0.3 is 0 Å². The van der Waals surface area contributed by atoms with Crippen LogP contribution in [-0.4, -0.2) is 0 Å². The Morgan fingerprint density at radius 1 is 0.407 bits per heavy atom. The van der Waals surface area contributed by atoms with E-state index in [0.717, 1.165) is 83.3 Å². The molecule has 10 aromatic rings. The number of hydrogen-bond donors (Lipinski definition) is 0. The van der Waals surface area contributed by atoms with Gasteiger partial charge in [-0.3, -0.25) is 0 Å². The molecule has 280 valence electrons. The summed E-state index contributed by atoms with van der Waals surface area (Å²) in [5.41, 5.74) is 11.6. The Balaban J connectivity index is 1.16. The molecule has 11 rings (SSSR count). The highest BCUT2D eigenvalue weighted by Gasteiger charge is 2.30. The largest absolute Gasteiger partial charge is 0.310 e. The van der Waals surface area contributed by atoms with Crippen LogP contribution in [0.3, 0.4) is 0 Å². The third kappa shape index (κ3) is 5.83. The van der Waals surface area contributed by atoms with Gasteiger partial charge in [0.05, 0.1) is 17.1 Å². The quantitative estimate of drug-likeness (QED) is 0.149. The molecule has 0 aliphatic carbocycles. The molecule has 59 heavy (non-hydrogen) atoms. The van der Waals surface area contributed by atoms with Crippen LogP contribution in [0.25, 0.3) is 43.4 Å². The van der Waals surface area contributed by atoms with Gasteiger partial charge in [0.1, 0.15) is 11.6 Å². The molecule has 1 aliphatic heterocycles. The molecule has 1 unspecified atom stereocenters. The molecular formula is C55H36F2N2. The number of para-hydroxylation sites is 1. The Labute approximate surface area is 341 Å². The van der Waals surface area contributed by atoms with Crippen molar-refractivity contribution in [3.05, 3.63) is 241 Å². The summed E-state index contributed by atoms with van der Waals surface area (Å²) >= 11 is 0. The fraction of sp³-hybridized carbons (Fsp3) is 0.0182. The molecular weight excluding hydrogens is 727 g/mol. The number of benzene rings is 10. The van der Waals surface area contributed by atoms with Gasteiger partial charge in [-0.15, -0.1) is 0 Å². The van der Waals surface area contributed by atoms with Gasteiger partial charge in [0, 0.05) is 39.3 Å². The van der Waals surface area contributed by atoms with Gasteiger partial charge in [-0.1, -0.05) is 140 Å². The molecule has 0 fully saturated rings. The van der Waals surface area contributed by atoms with Gasteiger partial charge in [-0.05, 0) is 117 Å². The summed E-state index contributed by atoms with van der Waals surface area (Å²) in [6.45, 7) is 0. The normalized spacial score (nSPS) is 12.5. The summed E-state index contributed by atoms with van der Waals surface area (Å²) in [6.07, 6.45) is 0. The molecule has 0 spiro atoms. The third-order valence-electron chi connectivity index (χ3n) is 11.8. The zero-order valence-electron chi connectivity index (χ0n) is 31.9. The lowest BCUT2D eigenvalue weighted by molar-refractivity contribution is 0.626. The van der Waals surface area contributed by atoms with Gasteiger partial charge < -0.3 is 9.80 Å². The first-order valence-corrected chi connectivity index (χ1v) is 19.9. The van der Waals surface area contributed by atoms with Crippen LogP contribution in [-0.2, 0) is 0 Å². The van der Waals surface area contributed by atoms with E-state index in [1.165, 1.54) is 23.1 Å². The molecule has 0 aromatic heterocycles. The predicted octanol–water partition coefficient (Wildman–Crippen LogP) is 15.5. The van der Waals surface area contributed by atoms with Crippen LogP contribution in [0.4, 0.5) is 42.9 Å². The minimum Gasteiger partial charge on any atom is -0.310 e. The fourth-order valence-corrected chi connectivity index (χ4v) is 9.23. The molecule has 0 N–H and O–H groups in total. The molecule has 0 bridgehead atoms. The summed E-state index contributed by atoms with van der Waals surface area (Å²) in [5, 5.41) is 6.86. The summed E-state index contributed by atoms with van der Waals surface area (Å²) < 4.78 is 28.9. The number of rotatable bonds is 7. The van der Waals surface area contributed by atoms with Gasteiger partial charge in [0.25, 0.3) is 0 Å². The maximum absolute atomic E-state index is 14.5. The van der Waals surface area contributed by atoms with E-state index in [0.29, 0.717) is 0 Å². The van der Waals surface area contributed by atoms with E-state index in [1.54, 1.807) is 12.1 Å². The van der Waals surface area contributed by atoms with E-state index in [4.69, 9.17) is 0 Å². The standard InChI is InChI=1S/C55H36F2N2/c56-39-25-23-38(24-26-39)54(47-19-8-13-36-11-4-6-17-44(36)47)50-34-33-49-46-32-31-43(35-53(46)59(41-15-2-1-3-16-41)52-22-10-20-48(50)55(49)52)58(42-29-27-40(57)28-30-42)51-21-9-14-37-12-5-7-18-45(37)51/h1-35,54H. The van der Waals surface area contributed by atoms with E-state index < -0.39 is 0 Å². The van der Waals surface area contributed by atoms with Gasteiger partial charge in [0.2, 0.25) is 0 Å². The van der Waals surface area contributed by atoms with Crippen LogP contribution in [0.1, 0.15) is 22.6 Å². The van der Waals surface area contributed by atoms with E-state index in [-0.39, 0.29) is 17.6 Å². The van der Waals surface area contributed by atoms with E-state index in [1.807, 2.05) is 30.3 Å². The molecule has 0 amide bonds. The van der Waals surface area contributed by atoms with Crippen molar-refractivity contribution < 1.29 is 8.78 Å². The molecule has 10 aromatic carbocycles. The lowest BCUT2D eigenvalue weighted by atomic mass is 9.79. The average Bonchev–Trinajstić information content (AvgIpc) is 3.29. The number of fused-ring (bicyclic) bond motifs is 4. The molecule has 1 heterocycles. The van der Waals surface area contributed by atoms with E-state index in [2.05, 4.69) is 168 Å². The Bertz CT molecular complexity index is 3180. The van der Waals surface area contributed by atoms with E-state index >= 15 is 0 Å². The van der Waals surface area contributed by atoms with Crippen molar-refractivity contribution in [2.24, 2.45) is 0 Å². The van der Waals surface area contributed by atoms with Gasteiger partial charge in [-0.25, -0.2) is 8.78 Å². The fourth-order valence-electron chi connectivity index (χ4n) is 9.23. The van der Waals surface area contributed by atoms with Crippen LogP contribution in [0, 0.1) is 11.6 Å². The van der Waals surface area contributed by atoms with Crippen LogP contribution in [0.15, 0.2) is 212 Å². The van der Waals surface area contributed by atoms with Crippen molar-refractivity contribution in [2.75, 3.05) is 9.80 Å². The SMILES string of the molecule is Fc1ccc(C(c2cccc3ccccc23)c2ccc3c4c(cccc24)N(c2ccccc2)c2cc(N(c4ccc(F)cc4)c4cccc5ccccc45)ccc2-3)cc1. The van der Waals surface area contributed by atoms with Crippen molar-refractivity contribution in [1.29, 1.82) is 0 Å². The second kappa shape index (κ2) is 14.1. The highest BCUT2D eigenvalue weighted by atomic mass is 19.1. The number of anilines is 6. The zero-order valence-corrected chi connectivity index (χ0v) is 31.9.